The van der Waals surface area contributed by atoms with E-state index in [1.165, 1.54) is 18.2 Å². The highest BCUT2D eigenvalue weighted by molar-refractivity contribution is 7.19. The van der Waals surface area contributed by atoms with Crippen LogP contribution in [0.5, 0.6) is 0 Å². The SMILES string of the molecule is CC(C)(C)OC(=O)Nc1sc(-c2ccccc2F)nc1C(=O)O. The van der Waals surface area contributed by atoms with Crippen LogP contribution < -0.4 is 5.32 Å². The fourth-order valence-electron chi connectivity index (χ4n) is 1.70. The second-order valence-corrected chi connectivity index (χ2v) is 6.61. The summed E-state index contributed by atoms with van der Waals surface area (Å²) in [6.45, 7) is 5.05. The van der Waals surface area contributed by atoms with Crippen molar-refractivity contribution >= 4 is 28.4 Å². The average Bonchev–Trinajstić information content (AvgIpc) is 2.80. The zero-order chi connectivity index (χ0) is 17.2. The van der Waals surface area contributed by atoms with Gasteiger partial charge in [0.25, 0.3) is 0 Å². The van der Waals surface area contributed by atoms with Crippen LogP contribution in [0.15, 0.2) is 24.3 Å². The summed E-state index contributed by atoms with van der Waals surface area (Å²) in [6, 6.07) is 5.86. The van der Waals surface area contributed by atoms with Crippen LogP contribution in [0.25, 0.3) is 10.6 Å². The van der Waals surface area contributed by atoms with E-state index in [0.717, 1.165) is 11.3 Å². The van der Waals surface area contributed by atoms with Gasteiger partial charge in [-0.2, -0.15) is 0 Å². The van der Waals surface area contributed by atoms with E-state index in [2.05, 4.69) is 10.3 Å². The number of carbonyl (C=O) groups excluding carboxylic acids is 1. The van der Waals surface area contributed by atoms with Gasteiger partial charge in [-0.25, -0.2) is 19.0 Å². The molecule has 0 aliphatic carbocycles. The molecular formula is C15H15FN2O4S. The first-order valence-electron chi connectivity index (χ1n) is 6.66. The first-order valence-corrected chi connectivity index (χ1v) is 7.48. The number of nitrogens with one attached hydrogen (secondary N) is 1. The normalized spacial score (nSPS) is 11.1. The van der Waals surface area contributed by atoms with Crippen LogP contribution in [0.4, 0.5) is 14.2 Å². The van der Waals surface area contributed by atoms with Gasteiger partial charge in [-0.3, -0.25) is 5.32 Å². The molecule has 0 saturated heterocycles. The van der Waals surface area contributed by atoms with Crippen LogP contribution in [0.1, 0.15) is 31.3 Å². The molecule has 8 heteroatoms. The lowest BCUT2D eigenvalue weighted by Crippen LogP contribution is -2.27. The summed E-state index contributed by atoms with van der Waals surface area (Å²) in [7, 11) is 0. The quantitative estimate of drug-likeness (QED) is 0.883. The summed E-state index contributed by atoms with van der Waals surface area (Å²) in [5, 5.41) is 11.7. The molecule has 2 aromatic rings. The van der Waals surface area contributed by atoms with Crippen LogP contribution in [0.2, 0.25) is 0 Å². The van der Waals surface area contributed by atoms with Crippen LogP contribution in [-0.4, -0.2) is 27.8 Å². The number of benzene rings is 1. The Morgan fingerprint density at radius 3 is 2.52 bits per heavy atom. The monoisotopic (exact) mass is 338 g/mol. The van der Waals surface area contributed by atoms with Gasteiger partial charge in [-0.05, 0) is 32.9 Å². The van der Waals surface area contributed by atoms with Gasteiger partial charge in [-0.1, -0.05) is 23.5 Å². The van der Waals surface area contributed by atoms with Crippen LogP contribution in [0.3, 0.4) is 0 Å². The molecule has 0 radical (unpaired) electrons. The Hall–Kier alpha value is -2.48. The number of carboxylic acids is 1. The van der Waals surface area contributed by atoms with E-state index in [1.807, 2.05) is 0 Å². The van der Waals surface area contributed by atoms with Crippen LogP contribution >= 0.6 is 11.3 Å². The number of rotatable bonds is 3. The highest BCUT2D eigenvalue weighted by atomic mass is 32.1. The summed E-state index contributed by atoms with van der Waals surface area (Å²) in [5.41, 5.74) is -0.927. The Labute approximate surface area is 135 Å². The molecule has 0 bridgehead atoms. The molecular weight excluding hydrogens is 323 g/mol. The Morgan fingerprint density at radius 2 is 1.96 bits per heavy atom. The average molecular weight is 338 g/mol. The number of amides is 1. The number of carbonyl (C=O) groups is 2. The zero-order valence-electron chi connectivity index (χ0n) is 12.7. The van der Waals surface area contributed by atoms with Crippen molar-refractivity contribution in [1.82, 2.24) is 4.98 Å². The largest absolute Gasteiger partial charge is 0.476 e. The van der Waals surface area contributed by atoms with Crippen molar-refractivity contribution in [1.29, 1.82) is 0 Å². The number of hydrogen-bond acceptors (Lipinski definition) is 5. The van der Waals surface area contributed by atoms with Gasteiger partial charge in [0, 0.05) is 5.56 Å². The smallest absolute Gasteiger partial charge is 0.412 e. The summed E-state index contributed by atoms with van der Waals surface area (Å²) in [6.07, 6.45) is -0.802. The van der Waals surface area contributed by atoms with E-state index in [4.69, 9.17) is 4.74 Å². The molecule has 2 N–H and O–H groups in total. The van der Waals surface area contributed by atoms with Crippen LogP contribution in [0, 0.1) is 5.82 Å². The van der Waals surface area contributed by atoms with E-state index in [0.29, 0.717) is 0 Å². The number of ether oxygens (including phenoxy) is 1. The number of carboxylic acid groups (broad SMARTS) is 1. The molecule has 0 spiro atoms. The van der Waals surface area contributed by atoms with E-state index in [9.17, 15) is 19.1 Å². The molecule has 0 aliphatic heterocycles. The fraction of sp³-hybridized carbons (Fsp3) is 0.267. The van der Waals surface area contributed by atoms with Gasteiger partial charge in [0.15, 0.2) is 5.69 Å². The summed E-state index contributed by atoms with van der Waals surface area (Å²) < 4.78 is 18.9. The van der Waals surface area contributed by atoms with E-state index >= 15 is 0 Å². The maximum absolute atomic E-state index is 13.8. The van der Waals surface area contributed by atoms with Crippen molar-refractivity contribution in [3.63, 3.8) is 0 Å². The van der Waals surface area contributed by atoms with Gasteiger partial charge in [0.05, 0.1) is 0 Å². The third-order valence-corrected chi connectivity index (χ3v) is 3.55. The molecule has 1 aromatic heterocycles. The van der Waals surface area contributed by atoms with Crippen LogP contribution in [-0.2, 0) is 4.74 Å². The predicted octanol–water partition coefficient (Wildman–Crippen LogP) is 3.99. The summed E-state index contributed by atoms with van der Waals surface area (Å²) in [4.78, 5) is 27.0. The number of thiazole rings is 1. The minimum atomic E-state index is -1.32. The second kappa shape index (κ2) is 6.33. The molecule has 23 heavy (non-hydrogen) atoms. The van der Waals surface area contributed by atoms with Crippen molar-refractivity contribution in [2.24, 2.45) is 0 Å². The van der Waals surface area contributed by atoms with Crippen molar-refractivity contribution in [3.05, 3.63) is 35.8 Å². The van der Waals surface area contributed by atoms with Gasteiger partial charge in [0.1, 0.15) is 21.4 Å². The number of anilines is 1. The van der Waals surface area contributed by atoms with E-state index in [1.54, 1.807) is 26.8 Å². The molecule has 1 heterocycles. The predicted molar refractivity (Wildman–Crippen MR) is 84.3 cm³/mol. The van der Waals surface area contributed by atoms with E-state index in [-0.39, 0.29) is 21.3 Å². The second-order valence-electron chi connectivity index (χ2n) is 5.61. The maximum Gasteiger partial charge on any atom is 0.412 e. The third-order valence-electron chi connectivity index (χ3n) is 2.55. The van der Waals surface area contributed by atoms with Crippen molar-refractivity contribution in [2.75, 3.05) is 5.32 Å². The Kier molecular flexibility index (Phi) is 4.65. The molecule has 6 nitrogen and oxygen atoms in total. The van der Waals surface area contributed by atoms with Gasteiger partial charge >= 0.3 is 12.1 Å². The lowest BCUT2D eigenvalue weighted by atomic mass is 10.2. The molecule has 2 rings (SSSR count). The molecule has 0 saturated carbocycles. The molecule has 122 valence electrons. The van der Waals surface area contributed by atoms with Crippen molar-refractivity contribution in [2.45, 2.75) is 26.4 Å². The molecule has 0 unspecified atom stereocenters. The topological polar surface area (TPSA) is 88.5 Å². The number of aromatic carboxylic acids is 1. The molecule has 0 fully saturated rings. The molecule has 1 amide bonds. The van der Waals surface area contributed by atoms with Gasteiger partial charge in [0.2, 0.25) is 0 Å². The Morgan fingerprint density at radius 1 is 1.30 bits per heavy atom. The Balaban J connectivity index is 2.35. The van der Waals surface area contributed by atoms with Gasteiger partial charge in [-0.15, -0.1) is 0 Å². The Bertz CT molecular complexity index is 752. The minimum absolute atomic E-state index is 0.00926. The molecule has 0 aliphatic rings. The van der Waals surface area contributed by atoms with Crippen molar-refractivity contribution < 1.29 is 23.8 Å². The first-order chi connectivity index (χ1) is 10.7. The minimum Gasteiger partial charge on any atom is -0.476 e. The van der Waals surface area contributed by atoms with E-state index < -0.39 is 23.5 Å². The first kappa shape index (κ1) is 16.9. The summed E-state index contributed by atoms with van der Waals surface area (Å²) >= 11 is 0.866. The highest BCUT2D eigenvalue weighted by Crippen LogP contribution is 2.33. The fourth-order valence-corrected chi connectivity index (χ4v) is 2.67. The third kappa shape index (κ3) is 4.26. The zero-order valence-corrected chi connectivity index (χ0v) is 13.5. The lowest BCUT2D eigenvalue weighted by molar-refractivity contribution is 0.0636. The summed E-state index contributed by atoms with van der Waals surface area (Å²) in [5.74, 6) is -1.85. The molecule has 0 atom stereocenters. The standard InChI is InChI=1S/C15H15FN2O4S/c1-15(2,3)22-14(21)18-12-10(13(19)20)17-11(23-12)8-6-4-5-7-9(8)16/h4-7H,1-3H3,(H,18,21)(H,19,20). The lowest BCUT2D eigenvalue weighted by Gasteiger charge is -2.19. The number of nitrogens with zero attached hydrogens (tertiary/aromatic N) is 1. The number of halogens is 1. The number of aromatic nitrogens is 1. The van der Waals surface area contributed by atoms with Crippen molar-refractivity contribution in [3.8, 4) is 10.6 Å². The molecule has 1 aromatic carbocycles. The van der Waals surface area contributed by atoms with Gasteiger partial charge < -0.3 is 9.84 Å². The highest BCUT2D eigenvalue weighted by Gasteiger charge is 2.23. The number of hydrogen-bond donors (Lipinski definition) is 2. The maximum atomic E-state index is 13.8.